The molecule has 0 aromatic heterocycles. The van der Waals surface area contributed by atoms with Crippen LogP contribution in [0.25, 0.3) is 6.08 Å². The molecule has 33 heavy (non-hydrogen) atoms. The van der Waals surface area contributed by atoms with Crippen LogP contribution in [0.2, 0.25) is 0 Å². The molecule has 1 N–H and O–H groups in total. The van der Waals surface area contributed by atoms with E-state index in [9.17, 15) is 14.4 Å². The third-order valence-electron chi connectivity index (χ3n) is 6.54. The fraction of sp³-hybridized carbons (Fsp3) is 0.346. The van der Waals surface area contributed by atoms with E-state index in [0.717, 1.165) is 34.2 Å². The van der Waals surface area contributed by atoms with Crippen molar-refractivity contribution in [3.63, 3.8) is 0 Å². The van der Waals surface area contributed by atoms with Crippen LogP contribution in [-0.4, -0.2) is 41.1 Å². The minimum atomic E-state index is -0.434. The molecule has 172 valence electrons. The lowest BCUT2D eigenvalue weighted by Gasteiger charge is -2.45. The largest absolute Gasteiger partial charge is 0.369 e. The van der Waals surface area contributed by atoms with Crippen LogP contribution in [0.5, 0.6) is 0 Å². The highest BCUT2D eigenvalue weighted by Crippen LogP contribution is 2.44. The van der Waals surface area contributed by atoms with Gasteiger partial charge >= 0.3 is 0 Å². The van der Waals surface area contributed by atoms with Crippen molar-refractivity contribution in [2.75, 3.05) is 23.8 Å². The molecule has 2 aliphatic heterocycles. The van der Waals surface area contributed by atoms with Gasteiger partial charge in [-0.1, -0.05) is 25.1 Å². The zero-order chi connectivity index (χ0) is 23.9. The van der Waals surface area contributed by atoms with Crippen molar-refractivity contribution in [3.05, 3.63) is 64.1 Å². The van der Waals surface area contributed by atoms with Crippen LogP contribution in [0, 0.1) is 6.92 Å². The van der Waals surface area contributed by atoms with Crippen LogP contribution in [0.15, 0.2) is 47.4 Å². The van der Waals surface area contributed by atoms with Crippen LogP contribution < -0.4 is 10.2 Å². The van der Waals surface area contributed by atoms with Crippen molar-refractivity contribution in [2.24, 2.45) is 0 Å². The number of thioether (sulfide) groups is 1. The maximum Gasteiger partial charge on any atom is 0.294 e. The Bertz CT molecular complexity index is 1160. The molecule has 3 amide bonds. The Morgan fingerprint density at radius 3 is 2.61 bits per heavy atom. The lowest BCUT2D eigenvalue weighted by Crippen LogP contribution is -2.45. The summed E-state index contributed by atoms with van der Waals surface area (Å²) in [7, 11) is 2.12. The molecule has 0 aliphatic carbocycles. The van der Waals surface area contributed by atoms with E-state index < -0.39 is 17.1 Å². The molecule has 2 aromatic rings. The monoisotopic (exact) mass is 463 g/mol. The summed E-state index contributed by atoms with van der Waals surface area (Å²) in [6.45, 7) is 8.44. The number of imide groups is 1. The molecule has 0 radical (unpaired) electrons. The van der Waals surface area contributed by atoms with E-state index >= 15 is 0 Å². The Morgan fingerprint density at radius 1 is 1.21 bits per heavy atom. The summed E-state index contributed by atoms with van der Waals surface area (Å²) in [6.07, 6.45) is 2.81. The quantitative estimate of drug-likeness (QED) is 0.616. The molecule has 2 aromatic carbocycles. The van der Waals surface area contributed by atoms with Crippen molar-refractivity contribution in [3.8, 4) is 0 Å². The Labute approximate surface area is 199 Å². The Kier molecular flexibility index (Phi) is 6.10. The highest BCUT2D eigenvalue weighted by Gasteiger charge is 2.37. The normalized spacial score (nSPS) is 20.9. The fourth-order valence-corrected chi connectivity index (χ4v) is 5.36. The van der Waals surface area contributed by atoms with Gasteiger partial charge in [0.05, 0.1) is 4.91 Å². The summed E-state index contributed by atoms with van der Waals surface area (Å²) in [5, 5.41) is 2.28. The number of nitrogens with one attached hydrogen (secondary N) is 1. The number of hydrogen-bond acceptors (Lipinski definition) is 5. The maximum absolute atomic E-state index is 12.9. The Hall–Kier alpha value is -3.06. The molecule has 0 spiro atoms. The lowest BCUT2D eigenvalue weighted by atomic mass is 9.79. The topological polar surface area (TPSA) is 69.7 Å². The zero-order valence-electron chi connectivity index (χ0n) is 19.6. The van der Waals surface area contributed by atoms with E-state index in [4.69, 9.17) is 0 Å². The molecule has 6 nitrogen and oxygen atoms in total. The minimum absolute atomic E-state index is 0.0728. The second kappa shape index (κ2) is 8.71. The SMILES string of the molecule is Cc1cc2c(cc1/C=C1\SC(=O)N(CC(=O)Nc3ccccc3)C1=O)[C@H](C)CC(C)(C)N2C. The number of rotatable bonds is 4. The number of nitrogens with zero attached hydrogens (tertiary/aromatic N) is 2. The van der Waals surface area contributed by atoms with Gasteiger partial charge in [-0.25, -0.2) is 0 Å². The van der Waals surface area contributed by atoms with Gasteiger partial charge in [-0.15, -0.1) is 0 Å². The molecule has 0 saturated carbocycles. The number of para-hydroxylation sites is 1. The summed E-state index contributed by atoms with van der Waals surface area (Å²) in [6, 6.07) is 13.3. The summed E-state index contributed by atoms with van der Waals surface area (Å²) in [5.41, 5.74) is 5.11. The third kappa shape index (κ3) is 4.55. The first kappa shape index (κ1) is 23.1. The first-order chi connectivity index (χ1) is 15.6. The standard InChI is InChI=1S/C26H29N3O3S/c1-16-11-21-20(17(2)14-26(3,4)28(21)5)12-18(16)13-22-24(31)29(25(32)33-22)15-23(30)27-19-9-7-6-8-10-19/h6-13,17H,14-15H2,1-5H3,(H,27,30)/b22-13-/t17-/m1/s1. The fourth-order valence-electron chi connectivity index (χ4n) is 4.53. The predicted molar refractivity (Wildman–Crippen MR) is 134 cm³/mol. The van der Waals surface area contributed by atoms with Crippen LogP contribution in [0.1, 0.15) is 49.8 Å². The average Bonchev–Trinajstić information content (AvgIpc) is 3.01. The van der Waals surface area contributed by atoms with Crippen LogP contribution in [-0.2, 0) is 9.59 Å². The van der Waals surface area contributed by atoms with Crippen molar-refractivity contribution >= 4 is 46.3 Å². The van der Waals surface area contributed by atoms with E-state index in [1.807, 2.05) is 13.0 Å². The van der Waals surface area contributed by atoms with Gasteiger partial charge in [-0.05, 0) is 91.9 Å². The minimum Gasteiger partial charge on any atom is -0.369 e. The van der Waals surface area contributed by atoms with E-state index in [0.29, 0.717) is 16.5 Å². The summed E-state index contributed by atoms with van der Waals surface area (Å²) < 4.78 is 0. The highest BCUT2D eigenvalue weighted by atomic mass is 32.2. The van der Waals surface area contributed by atoms with E-state index in [1.54, 1.807) is 30.3 Å². The lowest BCUT2D eigenvalue weighted by molar-refractivity contribution is -0.127. The molecule has 2 aliphatic rings. The number of amides is 3. The molecular formula is C26H29N3O3S. The van der Waals surface area contributed by atoms with E-state index in [-0.39, 0.29) is 12.1 Å². The second-order valence-corrected chi connectivity index (χ2v) is 10.4. The zero-order valence-corrected chi connectivity index (χ0v) is 20.5. The summed E-state index contributed by atoms with van der Waals surface area (Å²) in [4.78, 5) is 41.5. The van der Waals surface area contributed by atoms with Gasteiger partial charge in [0, 0.05) is 24.0 Å². The number of carbonyl (C=O) groups is 3. The number of benzene rings is 2. The molecule has 7 heteroatoms. The molecule has 0 unspecified atom stereocenters. The third-order valence-corrected chi connectivity index (χ3v) is 7.45. The number of fused-ring (bicyclic) bond motifs is 1. The summed E-state index contributed by atoms with van der Waals surface area (Å²) >= 11 is 0.880. The predicted octanol–water partition coefficient (Wildman–Crippen LogP) is 5.39. The molecule has 2 heterocycles. The van der Waals surface area contributed by atoms with Gasteiger partial charge in [-0.2, -0.15) is 0 Å². The van der Waals surface area contributed by atoms with Crippen molar-refractivity contribution in [1.29, 1.82) is 0 Å². The van der Waals surface area contributed by atoms with Crippen LogP contribution in [0.4, 0.5) is 16.2 Å². The van der Waals surface area contributed by atoms with Gasteiger partial charge < -0.3 is 10.2 Å². The molecule has 1 saturated heterocycles. The van der Waals surface area contributed by atoms with Crippen LogP contribution in [0.3, 0.4) is 0 Å². The van der Waals surface area contributed by atoms with Crippen molar-refractivity contribution in [2.45, 2.75) is 45.6 Å². The van der Waals surface area contributed by atoms with Gasteiger partial charge in [-0.3, -0.25) is 19.3 Å². The number of anilines is 2. The smallest absolute Gasteiger partial charge is 0.294 e. The average molecular weight is 464 g/mol. The number of aryl methyl sites for hydroxylation is 1. The Balaban J connectivity index is 1.55. The molecule has 1 atom stereocenters. The van der Waals surface area contributed by atoms with Crippen LogP contribution >= 0.6 is 11.8 Å². The molecule has 0 bridgehead atoms. The number of hydrogen-bond donors (Lipinski definition) is 1. The van der Waals surface area contributed by atoms with Gasteiger partial charge in [0.25, 0.3) is 11.1 Å². The molecular weight excluding hydrogens is 434 g/mol. The molecule has 1 fully saturated rings. The van der Waals surface area contributed by atoms with E-state index in [1.165, 1.54) is 11.3 Å². The first-order valence-corrected chi connectivity index (χ1v) is 11.9. The Morgan fingerprint density at radius 2 is 1.91 bits per heavy atom. The number of carbonyl (C=O) groups excluding carboxylic acids is 3. The molecule has 4 rings (SSSR count). The van der Waals surface area contributed by atoms with Gasteiger partial charge in [0.15, 0.2) is 0 Å². The highest BCUT2D eigenvalue weighted by molar-refractivity contribution is 8.18. The van der Waals surface area contributed by atoms with Gasteiger partial charge in [0.2, 0.25) is 5.91 Å². The first-order valence-electron chi connectivity index (χ1n) is 11.1. The van der Waals surface area contributed by atoms with Gasteiger partial charge in [0.1, 0.15) is 6.54 Å². The van der Waals surface area contributed by atoms with Crippen molar-refractivity contribution < 1.29 is 14.4 Å². The second-order valence-electron chi connectivity index (χ2n) is 9.43. The van der Waals surface area contributed by atoms with Crippen molar-refractivity contribution in [1.82, 2.24) is 4.90 Å². The van der Waals surface area contributed by atoms with E-state index in [2.05, 4.69) is 50.2 Å². The maximum atomic E-state index is 12.9. The summed E-state index contributed by atoms with van der Waals surface area (Å²) in [5.74, 6) is -0.457.